The average molecular weight is 262 g/mol. The number of nitro benzene ring substituents is 1. The molecule has 1 unspecified atom stereocenters. The lowest BCUT2D eigenvalue weighted by Crippen LogP contribution is -2.38. The van der Waals surface area contributed by atoms with Gasteiger partial charge >= 0.3 is 0 Å². The second-order valence-corrected chi connectivity index (χ2v) is 4.77. The Morgan fingerprint density at radius 3 is 3.00 bits per heavy atom. The monoisotopic (exact) mass is 262 g/mol. The summed E-state index contributed by atoms with van der Waals surface area (Å²) < 4.78 is 0. The highest BCUT2D eigenvalue weighted by Gasteiger charge is 2.16. The number of aliphatic hydroxyl groups is 1. The van der Waals surface area contributed by atoms with Crippen LogP contribution in [-0.2, 0) is 0 Å². The van der Waals surface area contributed by atoms with Crippen molar-refractivity contribution in [2.75, 3.05) is 19.6 Å². The van der Waals surface area contributed by atoms with Gasteiger partial charge in [0.2, 0.25) is 0 Å². The van der Waals surface area contributed by atoms with Gasteiger partial charge in [0.15, 0.2) is 0 Å². The van der Waals surface area contributed by atoms with E-state index in [-0.39, 0.29) is 16.7 Å². The zero-order valence-electron chi connectivity index (χ0n) is 10.7. The summed E-state index contributed by atoms with van der Waals surface area (Å²) in [5.41, 5.74) is 0.738. The highest BCUT2D eigenvalue weighted by atomic mass is 16.6. The van der Waals surface area contributed by atoms with E-state index in [2.05, 4.69) is 4.90 Å². The Balaban J connectivity index is 1.97. The molecule has 19 heavy (non-hydrogen) atoms. The van der Waals surface area contributed by atoms with Gasteiger partial charge in [0.25, 0.3) is 5.69 Å². The molecular weight excluding hydrogens is 244 g/mol. The van der Waals surface area contributed by atoms with Gasteiger partial charge in [0, 0.05) is 19.2 Å². The molecule has 1 aliphatic rings. The van der Waals surface area contributed by atoms with Crippen molar-refractivity contribution in [2.24, 2.45) is 0 Å². The molecule has 0 saturated carbocycles. The van der Waals surface area contributed by atoms with E-state index in [0.29, 0.717) is 18.7 Å². The second kappa shape index (κ2) is 6.45. The molecular formula is C14H18N2O3. The predicted molar refractivity (Wildman–Crippen MR) is 73.8 cm³/mol. The number of hydrogen-bond donors (Lipinski definition) is 1. The van der Waals surface area contributed by atoms with Gasteiger partial charge in [-0.2, -0.15) is 0 Å². The van der Waals surface area contributed by atoms with E-state index >= 15 is 0 Å². The van der Waals surface area contributed by atoms with Crippen molar-refractivity contribution >= 4 is 11.8 Å². The highest BCUT2D eigenvalue weighted by molar-refractivity contribution is 5.60. The van der Waals surface area contributed by atoms with Crippen LogP contribution in [0.5, 0.6) is 0 Å². The summed E-state index contributed by atoms with van der Waals surface area (Å²) >= 11 is 0. The normalized spacial score (nSPS) is 20.8. The number of piperidine rings is 1. The van der Waals surface area contributed by atoms with Crippen LogP contribution in [0.25, 0.3) is 6.08 Å². The first kappa shape index (κ1) is 13.7. The largest absolute Gasteiger partial charge is 0.392 e. The molecule has 0 aliphatic carbocycles. The third kappa shape index (κ3) is 3.87. The first-order chi connectivity index (χ1) is 9.16. The Kier molecular flexibility index (Phi) is 4.65. The molecule has 1 fully saturated rings. The van der Waals surface area contributed by atoms with Gasteiger partial charge in [-0.05, 0) is 25.5 Å². The van der Waals surface area contributed by atoms with Gasteiger partial charge in [-0.3, -0.25) is 15.0 Å². The van der Waals surface area contributed by atoms with Crippen LogP contribution in [0.4, 0.5) is 5.69 Å². The minimum atomic E-state index is -0.371. The van der Waals surface area contributed by atoms with E-state index in [9.17, 15) is 15.2 Å². The summed E-state index contributed by atoms with van der Waals surface area (Å²) in [5, 5.41) is 20.4. The maximum absolute atomic E-state index is 10.9. The lowest BCUT2D eigenvalue weighted by molar-refractivity contribution is -0.385. The number of aliphatic hydroxyl groups excluding tert-OH is 1. The number of β-amino-alcohol motifs (C(OH)–C–C–N with tert-alkyl or cyclic N) is 1. The quantitative estimate of drug-likeness (QED) is 0.666. The number of nitro groups is 1. The third-order valence-electron chi connectivity index (χ3n) is 3.28. The van der Waals surface area contributed by atoms with Gasteiger partial charge in [-0.15, -0.1) is 0 Å². The molecule has 1 aromatic carbocycles. The fourth-order valence-electron chi connectivity index (χ4n) is 2.32. The third-order valence-corrected chi connectivity index (χ3v) is 3.28. The maximum Gasteiger partial charge on any atom is 0.276 e. The Morgan fingerprint density at radius 2 is 2.26 bits per heavy atom. The fraction of sp³-hybridized carbons (Fsp3) is 0.429. The summed E-state index contributed by atoms with van der Waals surface area (Å²) in [7, 11) is 0. The first-order valence-corrected chi connectivity index (χ1v) is 6.47. The summed E-state index contributed by atoms with van der Waals surface area (Å²) in [6, 6.07) is 6.69. The Hall–Kier alpha value is -1.72. The standard InChI is InChI=1S/C14H18N2O3/c17-13-7-4-10-15(11-13)9-3-6-12-5-1-2-8-14(12)16(18)19/h1-3,5-6,8,13,17H,4,7,9-11H2/b6-3+. The number of rotatable bonds is 4. The lowest BCUT2D eigenvalue weighted by Gasteiger charge is -2.28. The van der Waals surface area contributed by atoms with Crippen molar-refractivity contribution in [3.8, 4) is 0 Å². The van der Waals surface area contributed by atoms with E-state index in [1.54, 1.807) is 24.3 Å². The molecule has 0 radical (unpaired) electrons. The van der Waals surface area contributed by atoms with E-state index in [0.717, 1.165) is 19.4 Å². The minimum Gasteiger partial charge on any atom is -0.392 e. The van der Waals surface area contributed by atoms with E-state index in [4.69, 9.17) is 0 Å². The molecule has 0 amide bonds. The number of hydrogen-bond acceptors (Lipinski definition) is 4. The van der Waals surface area contributed by atoms with Crippen molar-refractivity contribution in [3.63, 3.8) is 0 Å². The second-order valence-electron chi connectivity index (χ2n) is 4.77. The fourth-order valence-corrected chi connectivity index (χ4v) is 2.32. The van der Waals surface area contributed by atoms with Crippen LogP contribution >= 0.6 is 0 Å². The van der Waals surface area contributed by atoms with Gasteiger partial charge in [-0.25, -0.2) is 0 Å². The van der Waals surface area contributed by atoms with E-state index in [1.165, 1.54) is 6.07 Å². The smallest absolute Gasteiger partial charge is 0.276 e. The molecule has 1 N–H and O–H groups in total. The van der Waals surface area contributed by atoms with Crippen LogP contribution in [0.1, 0.15) is 18.4 Å². The Labute approximate surface area is 112 Å². The van der Waals surface area contributed by atoms with Crippen molar-refractivity contribution < 1.29 is 10.0 Å². The van der Waals surface area contributed by atoms with Crippen molar-refractivity contribution in [1.29, 1.82) is 0 Å². The first-order valence-electron chi connectivity index (χ1n) is 6.47. The van der Waals surface area contributed by atoms with E-state index in [1.807, 2.05) is 6.08 Å². The average Bonchev–Trinajstić information content (AvgIpc) is 2.39. The van der Waals surface area contributed by atoms with E-state index < -0.39 is 0 Å². The summed E-state index contributed by atoms with van der Waals surface area (Å²) in [6.45, 7) is 2.36. The zero-order valence-corrected chi connectivity index (χ0v) is 10.7. The molecule has 102 valence electrons. The molecule has 0 aromatic heterocycles. The maximum atomic E-state index is 10.9. The molecule has 2 rings (SSSR count). The molecule has 5 heteroatoms. The molecule has 0 spiro atoms. The topological polar surface area (TPSA) is 66.6 Å². The zero-order chi connectivity index (χ0) is 13.7. The van der Waals surface area contributed by atoms with Crippen LogP contribution in [-0.4, -0.2) is 40.7 Å². The van der Waals surface area contributed by atoms with Crippen molar-refractivity contribution in [3.05, 3.63) is 46.0 Å². The highest BCUT2D eigenvalue weighted by Crippen LogP contribution is 2.19. The summed E-state index contributed by atoms with van der Waals surface area (Å²) in [5.74, 6) is 0. The Morgan fingerprint density at radius 1 is 1.47 bits per heavy atom. The molecule has 0 bridgehead atoms. The number of nitrogens with zero attached hydrogens (tertiary/aromatic N) is 2. The molecule has 1 heterocycles. The van der Waals surface area contributed by atoms with Gasteiger partial charge in [-0.1, -0.05) is 24.3 Å². The molecule has 1 atom stereocenters. The molecule has 1 aliphatic heterocycles. The van der Waals surface area contributed by atoms with Gasteiger partial charge in [0.1, 0.15) is 0 Å². The summed E-state index contributed by atoms with van der Waals surface area (Å²) in [4.78, 5) is 12.6. The SMILES string of the molecule is O=[N+]([O-])c1ccccc1/C=C/CN1CCCC(O)C1. The minimum absolute atomic E-state index is 0.123. The molecule has 5 nitrogen and oxygen atoms in total. The van der Waals surface area contributed by atoms with Crippen LogP contribution in [0.3, 0.4) is 0 Å². The van der Waals surface area contributed by atoms with Crippen molar-refractivity contribution in [2.45, 2.75) is 18.9 Å². The van der Waals surface area contributed by atoms with Gasteiger partial charge < -0.3 is 5.11 Å². The van der Waals surface area contributed by atoms with Gasteiger partial charge in [0.05, 0.1) is 16.6 Å². The number of likely N-dealkylation sites (tertiary alicyclic amines) is 1. The van der Waals surface area contributed by atoms with Crippen LogP contribution in [0.2, 0.25) is 0 Å². The lowest BCUT2D eigenvalue weighted by atomic mass is 10.1. The van der Waals surface area contributed by atoms with Crippen molar-refractivity contribution in [1.82, 2.24) is 4.90 Å². The summed E-state index contributed by atoms with van der Waals surface area (Å²) in [6.07, 6.45) is 5.32. The van der Waals surface area contributed by atoms with Crippen LogP contribution < -0.4 is 0 Å². The van der Waals surface area contributed by atoms with Crippen LogP contribution in [0.15, 0.2) is 30.3 Å². The predicted octanol–water partition coefficient (Wildman–Crippen LogP) is 2.06. The molecule has 1 saturated heterocycles. The molecule has 1 aromatic rings. The Bertz CT molecular complexity index is 474. The van der Waals surface area contributed by atoms with Crippen LogP contribution in [0, 0.1) is 10.1 Å². The number of benzene rings is 1. The number of para-hydroxylation sites is 1.